The summed E-state index contributed by atoms with van der Waals surface area (Å²) in [6.07, 6.45) is 0.467. The van der Waals surface area contributed by atoms with Gasteiger partial charge in [0.05, 0.1) is 12.2 Å². The highest BCUT2D eigenvalue weighted by Crippen LogP contribution is 2.27. The molecule has 2 rings (SSSR count). The van der Waals surface area contributed by atoms with E-state index in [4.69, 9.17) is 16.3 Å². The zero-order valence-corrected chi connectivity index (χ0v) is 8.32. The zero-order valence-electron chi connectivity index (χ0n) is 6.75. The summed E-state index contributed by atoms with van der Waals surface area (Å²) in [7, 11) is 0. The number of hydrogen-bond donors (Lipinski definition) is 0. The third-order valence-electron chi connectivity index (χ3n) is 1.83. The average molecular weight is 219 g/mol. The van der Waals surface area contributed by atoms with E-state index < -0.39 is 0 Å². The van der Waals surface area contributed by atoms with E-state index in [9.17, 15) is 4.79 Å². The highest BCUT2D eigenvalue weighted by Gasteiger charge is 2.17. The summed E-state index contributed by atoms with van der Waals surface area (Å²) >= 11 is 5.73. The molecule has 2 nitrogen and oxygen atoms in total. The minimum atomic E-state index is 0. The maximum Gasteiger partial charge on any atom is 0.169 e. The molecule has 0 saturated heterocycles. The predicted octanol–water partition coefficient (Wildman–Crippen LogP) is 2.73. The maximum atomic E-state index is 11.3. The molecule has 0 aliphatic carbocycles. The number of fused-ring (bicyclic) bond motifs is 1. The van der Waals surface area contributed by atoms with E-state index in [0.29, 0.717) is 29.4 Å². The molecule has 1 aromatic rings. The van der Waals surface area contributed by atoms with Crippen molar-refractivity contribution in [1.29, 1.82) is 0 Å². The molecule has 1 aromatic carbocycles. The number of hydrogen-bond acceptors (Lipinski definition) is 2. The second kappa shape index (κ2) is 3.99. The van der Waals surface area contributed by atoms with Gasteiger partial charge in [0, 0.05) is 11.4 Å². The Morgan fingerprint density at radius 2 is 2.15 bits per heavy atom. The summed E-state index contributed by atoms with van der Waals surface area (Å²) in [6.45, 7) is 0.464. The summed E-state index contributed by atoms with van der Waals surface area (Å²) in [5, 5.41) is 0.600. The summed E-state index contributed by atoms with van der Waals surface area (Å²) in [5.74, 6) is 0.742. The molecule has 0 atom stereocenters. The topological polar surface area (TPSA) is 26.3 Å². The first-order chi connectivity index (χ1) is 5.77. The fraction of sp³-hybridized carbons (Fsp3) is 0.222. The molecule has 0 N–H and O–H groups in total. The smallest absolute Gasteiger partial charge is 0.169 e. The van der Waals surface area contributed by atoms with E-state index in [2.05, 4.69) is 0 Å². The molecule has 4 heteroatoms. The molecule has 0 amide bonds. The second-order valence-corrected chi connectivity index (χ2v) is 3.10. The van der Waals surface area contributed by atoms with Gasteiger partial charge in [-0.3, -0.25) is 4.79 Å². The Labute approximate surface area is 87.3 Å². The Morgan fingerprint density at radius 3 is 2.92 bits per heavy atom. The van der Waals surface area contributed by atoms with Crippen LogP contribution in [0.1, 0.15) is 16.8 Å². The van der Waals surface area contributed by atoms with E-state index in [0.717, 1.165) is 0 Å². The molecule has 0 fully saturated rings. The van der Waals surface area contributed by atoms with Crippen LogP contribution in [0.3, 0.4) is 0 Å². The largest absolute Gasteiger partial charge is 0.492 e. The highest BCUT2D eigenvalue weighted by atomic mass is 35.5. The minimum Gasteiger partial charge on any atom is -0.492 e. The van der Waals surface area contributed by atoms with Crippen LogP contribution < -0.4 is 4.74 Å². The van der Waals surface area contributed by atoms with Gasteiger partial charge >= 0.3 is 0 Å². The zero-order chi connectivity index (χ0) is 8.55. The quantitative estimate of drug-likeness (QED) is 0.670. The maximum absolute atomic E-state index is 11.3. The van der Waals surface area contributed by atoms with E-state index in [1.165, 1.54) is 0 Å². The molecule has 0 unspecified atom stereocenters. The summed E-state index contributed by atoms with van der Waals surface area (Å²) in [4.78, 5) is 11.3. The van der Waals surface area contributed by atoms with Crippen molar-refractivity contribution >= 4 is 29.8 Å². The van der Waals surface area contributed by atoms with Gasteiger partial charge in [-0.2, -0.15) is 0 Å². The fourth-order valence-corrected chi connectivity index (χ4v) is 1.40. The van der Waals surface area contributed by atoms with Crippen molar-refractivity contribution in [3.8, 4) is 5.75 Å². The van der Waals surface area contributed by atoms with Crippen LogP contribution in [0.25, 0.3) is 0 Å². The van der Waals surface area contributed by atoms with Gasteiger partial charge < -0.3 is 4.74 Å². The van der Waals surface area contributed by atoms with Crippen molar-refractivity contribution in [3.05, 3.63) is 28.8 Å². The number of ketones is 1. The monoisotopic (exact) mass is 218 g/mol. The number of benzene rings is 1. The van der Waals surface area contributed by atoms with Gasteiger partial charge in [-0.1, -0.05) is 11.6 Å². The molecular weight excluding hydrogens is 211 g/mol. The first-order valence-corrected chi connectivity index (χ1v) is 4.11. The number of carbonyl (C=O) groups is 1. The van der Waals surface area contributed by atoms with Crippen LogP contribution in [0.4, 0.5) is 0 Å². The first kappa shape index (κ1) is 10.4. The van der Waals surface area contributed by atoms with E-state index in [-0.39, 0.29) is 18.2 Å². The van der Waals surface area contributed by atoms with Crippen molar-refractivity contribution in [2.24, 2.45) is 0 Å². The van der Waals surface area contributed by atoms with Crippen LogP contribution in [0.5, 0.6) is 5.75 Å². The van der Waals surface area contributed by atoms with Gasteiger partial charge in [-0.25, -0.2) is 0 Å². The number of ether oxygens (including phenoxy) is 1. The van der Waals surface area contributed by atoms with Crippen molar-refractivity contribution in [1.82, 2.24) is 0 Å². The van der Waals surface area contributed by atoms with Crippen molar-refractivity contribution < 1.29 is 9.53 Å². The lowest BCUT2D eigenvalue weighted by Crippen LogP contribution is -2.14. The molecule has 1 aliphatic heterocycles. The molecular formula is C9H8Cl2O2. The van der Waals surface area contributed by atoms with Crippen LogP contribution in [-0.2, 0) is 0 Å². The van der Waals surface area contributed by atoms with Crippen molar-refractivity contribution in [2.45, 2.75) is 6.42 Å². The predicted molar refractivity (Wildman–Crippen MR) is 53.1 cm³/mol. The number of rotatable bonds is 0. The molecule has 70 valence electrons. The number of Topliss-reactive ketones (excluding diaryl/α,β-unsaturated/α-hetero) is 1. The molecule has 13 heavy (non-hydrogen) atoms. The van der Waals surface area contributed by atoms with Crippen LogP contribution in [0.15, 0.2) is 18.2 Å². The minimum absolute atomic E-state index is 0. The standard InChI is InChI=1S/C9H7ClO2.ClH/c10-6-1-2-7-8(11)3-4-12-9(7)5-6;/h1-2,5H,3-4H2;1H. The highest BCUT2D eigenvalue weighted by molar-refractivity contribution is 6.30. The third-order valence-corrected chi connectivity index (χ3v) is 2.07. The Balaban J connectivity index is 0.000000845. The van der Waals surface area contributed by atoms with Crippen molar-refractivity contribution in [3.63, 3.8) is 0 Å². The second-order valence-electron chi connectivity index (χ2n) is 2.66. The van der Waals surface area contributed by atoms with Crippen LogP contribution in [0, 0.1) is 0 Å². The fourth-order valence-electron chi connectivity index (χ4n) is 1.23. The van der Waals surface area contributed by atoms with Gasteiger partial charge in [0.2, 0.25) is 0 Å². The summed E-state index contributed by atoms with van der Waals surface area (Å²) in [6, 6.07) is 5.08. The Bertz CT molecular complexity index is 336. The molecule has 0 aromatic heterocycles. The normalized spacial score (nSPS) is 14.1. The molecule has 1 heterocycles. The Kier molecular flexibility index (Phi) is 3.17. The Hall–Kier alpha value is -0.730. The molecule has 0 spiro atoms. The van der Waals surface area contributed by atoms with Crippen molar-refractivity contribution in [2.75, 3.05) is 6.61 Å². The SMILES string of the molecule is Cl.O=C1CCOc2cc(Cl)ccc21. The lowest BCUT2D eigenvalue weighted by molar-refractivity contribution is 0.0933. The number of halogens is 2. The van der Waals surface area contributed by atoms with Crippen LogP contribution >= 0.6 is 24.0 Å². The van der Waals surface area contributed by atoms with E-state index in [1.807, 2.05) is 0 Å². The molecule has 1 aliphatic rings. The van der Waals surface area contributed by atoms with Gasteiger partial charge in [0.15, 0.2) is 5.78 Å². The number of carbonyl (C=O) groups excluding carboxylic acids is 1. The molecule has 0 saturated carbocycles. The van der Waals surface area contributed by atoms with Gasteiger partial charge in [-0.05, 0) is 18.2 Å². The average Bonchev–Trinajstić information content (AvgIpc) is 2.04. The summed E-state index contributed by atoms with van der Waals surface area (Å²) in [5.41, 5.74) is 0.644. The van der Waals surface area contributed by atoms with Crippen LogP contribution in [0.2, 0.25) is 5.02 Å². The van der Waals surface area contributed by atoms with Gasteiger partial charge in [0.1, 0.15) is 5.75 Å². The summed E-state index contributed by atoms with van der Waals surface area (Å²) < 4.78 is 5.27. The van der Waals surface area contributed by atoms with Crippen LogP contribution in [-0.4, -0.2) is 12.4 Å². The lowest BCUT2D eigenvalue weighted by Gasteiger charge is -2.15. The molecule has 0 bridgehead atoms. The Morgan fingerprint density at radius 1 is 1.38 bits per heavy atom. The molecule has 0 radical (unpaired) electrons. The third kappa shape index (κ3) is 1.95. The van der Waals surface area contributed by atoms with E-state index in [1.54, 1.807) is 18.2 Å². The van der Waals surface area contributed by atoms with Gasteiger partial charge in [-0.15, -0.1) is 12.4 Å². The lowest BCUT2D eigenvalue weighted by atomic mass is 10.1. The first-order valence-electron chi connectivity index (χ1n) is 3.73. The van der Waals surface area contributed by atoms with Gasteiger partial charge in [0.25, 0.3) is 0 Å². The van der Waals surface area contributed by atoms with E-state index >= 15 is 0 Å².